The van der Waals surface area contributed by atoms with Gasteiger partial charge in [0.15, 0.2) is 26.6 Å². The summed E-state index contributed by atoms with van der Waals surface area (Å²) in [6.07, 6.45) is 0. The molecule has 0 bridgehead atoms. The maximum Gasteiger partial charge on any atom is 0.199 e. The Kier molecular flexibility index (Phi) is 6.01. The number of anilines is 1. The summed E-state index contributed by atoms with van der Waals surface area (Å²) in [6, 6.07) is 0. The lowest BCUT2D eigenvalue weighted by Crippen LogP contribution is -2.41. The smallest absolute Gasteiger partial charge is 0.199 e. The van der Waals surface area contributed by atoms with E-state index in [1.807, 2.05) is 18.7 Å². The molecule has 1 aromatic rings. The minimum atomic E-state index is -2.92. The van der Waals surface area contributed by atoms with Gasteiger partial charge in [-0.05, 0) is 6.92 Å². The van der Waals surface area contributed by atoms with Crippen molar-refractivity contribution in [2.24, 2.45) is 0 Å². The van der Waals surface area contributed by atoms with Gasteiger partial charge in [-0.3, -0.25) is 0 Å². The van der Waals surface area contributed by atoms with Crippen LogP contribution in [0.3, 0.4) is 0 Å². The first kappa shape index (κ1) is 17.0. The molecular formula is C12H20ClN3O3S. The largest absolute Gasteiger partial charge is 0.490 e. The third kappa shape index (κ3) is 3.96. The normalized spacial score (nSPS) is 17.1. The molecule has 0 saturated carbocycles. The van der Waals surface area contributed by atoms with E-state index in [9.17, 15) is 8.42 Å². The van der Waals surface area contributed by atoms with Crippen molar-refractivity contribution >= 4 is 27.3 Å². The summed E-state index contributed by atoms with van der Waals surface area (Å²) in [7, 11) is -1.43. The second kappa shape index (κ2) is 7.08. The molecule has 114 valence electrons. The molecule has 2 heterocycles. The number of hydrogen-bond donors (Lipinski definition) is 0. The van der Waals surface area contributed by atoms with E-state index in [2.05, 4.69) is 9.97 Å². The highest BCUT2D eigenvalue weighted by atomic mass is 35.5. The zero-order valence-corrected chi connectivity index (χ0v) is 13.8. The van der Waals surface area contributed by atoms with Crippen LogP contribution in [0.1, 0.15) is 19.7 Å². The number of halogens is 1. The molecule has 0 atom stereocenters. The number of rotatable bonds is 2. The zero-order valence-electron chi connectivity index (χ0n) is 12.2. The van der Waals surface area contributed by atoms with E-state index < -0.39 is 9.84 Å². The van der Waals surface area contributed by atoms with Crippen LogP contribution in [0.2, 0.25) is 5.15 Å². The van der Waals surface area contributed by atoms with Crippen LogP contribution in [0, 0.1) is 6.92 Å². The van der Waals surface area contributed by atoms with Crippen LogP contribution in [-0.4, -0.2) is 50.1 Å². The Morgan fingerprint density at radius 3 is 2.25 bits per heavy atom. The predicted octanol–water partition coefficient (Wildman–Crippen LogP) is 1.71. The molecule has 0 radical (unpaired) electrons. The van der Waals surface area contributed by atoms with Gasteiger partial charge in [0.1, 0.15) is 5.82 Å². The van der Waals surface area contributed by atoms with Crippen molar-refractivity contribution in [1.82, 2.24) is 9.97 Å². The van der Waals surface area contributed by atoms with E-state index in [1.54, 1.807) is 6.92 Å². The topological polar surface area (TPSA) is 72.4 Å². The first-order valence-corrected chi connectivity index (χ1v) is 8.66. The second-order valence-corrected chi connectivity index (χ2v) is 6.72. The van der Waals surface area contributed by atoms with Crippen LogP contribution in [0.5, 0.6) is 5.75 Å². The van der Waals surface area contributed by atoms with E-state index in [4.69, 9.17) is 16.3 Å². The van der Waals surface area contributed by atoms with Gasteiger partial charge < -0.3 is 9.64 Å². The quantitative estimate of drug-likeness (QED) is 0.772. The third-order valence-electron chi connectivity index (χ3n) is 2.77. The Morgan fingerprint density at radius 2 is 1.75 bits per heavy atom. The maximum atomic E-state index is 11.4. The average molecular weight is 322 g/mol. The van der Waals surface area contributed by atoms with Crippen LogP contribution in [-0.2, 0) is 9.84 Å². The molecule has 6 nitrogen and oxygen atoms in total. The summed E-state index contributed by atoms with van der Waals surface area (Å²) in [4.78, 5) is 10.2. The number of aromatic nitrogens is 2. The van der Waals surface area contributed by atoms with Crippen LogP contribution in [0.4, 0.5) is 5.82 Å². The summed E-state index contributed by atoms with van der Waals surface area (Å²) < 4.78 is 28.0. The van der Waals surface area contributed by atoms with Gasteiger partial charge in [0.2, 0.25) is 0 Å². The van der Waals surface area contributed by atoms with Gasteiger partial charge in [-0.2, -0.15) is 0 Å². The van der Waals surface area contributed by atoms with Crippen molar-refractivity contribution in [1.29, 1.82) is 0 Å². The zero-order chi connectivity index (χ0) is 15.3. The minimum absolute atomic E-state index is 0.122. The molecule has 0 amide bonds. The molecule has 2 rings (SSSR count). The first-order valence-electron chi connectivity index (χ1n) is 6.46. The van der Waals surface area contributed by atoms with Crippen molar-refractivity contribution < 1.29 is 13.2 Å². The highest BCUT2D eigenvalue weighted by molar-refractivity contribution is 7.91. The number of methoxy groups -OCH3 is 1. The number of sulfone groups is 1. The SMILES string of the molecule is CC.COc1c(Cl)nc(C)nc1N1CCS(=O)(=O)CC1. The highest BCUT2D eigenvalue weighted by Crippen LogP contribution is 2.32. The van der Waals surface area contributed by atoms with Crippen molar-refractivity contribution in [3.8, 4) is 5.75 Å². The fraction of sp³-hybridized carbons (Fsp3) is 0.667. The van der Waals surface area contributed by atoms with Crippen molar-refractivity contribution in [3.05, 3.63) is 11.0 Å². The average Bonchev–Trinajstić information content (AvgIpc) is 2.40. The molecule has 8 heteroatoms. The van der Waals surface area contributed by atoms with E-state index in [0.717, 1.165) is 0 Å². The maximum absolute atomic E-state index is 11.4. The number of nitrogens with zero attached hydrogens (tertiary/aromatic N) is 3. The lowest BCUT2D eigenvalue weighted by Gasteiger charge is -2.29. The molecule has 0 spiro atoms. The standard InChI is InChI=1S/C10H14ClN3O3S.C2H6/c1-7-12-9(11)8(17-2)10(13-7)14-3-5-18(15,16)6-4-14;1-2/h3-6H2,1-2H3;1-2H3. The van der Waals surface area contributed by atoms with Gasteiger partial charge in [-0.25, -0.2) is 18.4 Å². The van der Waals surface area contributed by atoms with Crippen LogP contribution >= 0.6 is 11.6 Å². The summed E-state index contributed by atoms with van der Waals surface area (Å²) in [5, 5.41) is 0.244. The van der Waals surface area contributed by atoms with Gasteiger partial charge in [0.05, 0.1) is 18.6 Å². The lowest BCUT2D eigenvalue weighted by molar-refractivity contribution is 0.410. The molecule has 1 aliphatic heterocycles. The molecule has 0 aromatic carbocycles. The Labute approximate surface area is 125 Å². The Morgan fingerprint density at radius 1 is 1.20 bits per heavy atom. The van der Waals surface area contributed by atoms with Crippen LogP contribution in [0.25, 0.3) is 0 Å². The fourth-order valence-corrected chi connectivity index (χ4v) is 3.31. The first-order chi connectivity index (χ1) is 9.43. The Hall–Kier alpha value is -1.08. The molecule has 1 aromatic heterocycles. The van der Waals surface area contributed by atoms with E-state index >= 15 is 0 Å². The fourth-order valence-electron chi connectivity index (χ4n) is 1.83. The molecule has 0 unspecified atom stereocenters. The van der Waals surface area contributed by atoms with E-state index in [0.29, 0.717) is 30.5 Å². The summed E-state index contributed by atoms with van der Waals surface area (Å²) in [5.74, 6) is 1.73. The number of ether oxygens (including phenoxy) is 1. The summed E-state index contributed by atoms with van der Waals surface area (Å²) in [5.41, 5.74) is 0. The van der Waals surface area contributed by atoms with Crippen LogP contribution < -0.4 is 9.64 Å². The van der Waals surface area contributed by atoms with Gasteiger partial charge in [0, 0.05) is 13.1 Å². The molecule has 0 aliphatic carbocycles. The van der Waals surface area contributed by atoms with Gasteiger partial charge in [0.25, 0.3) is 0 Å². The van der Waals surface area contributed by atoms with Crippen molar-refractivity contribution in [3.63, 3.8) is 0 Å². The Balaban J connectivity index is 0.000000956. The third-order valence-corrected chi connectivity index (χ3v) is 4.63. The predicted molar refractivity (Wildman–Crippen MR) is 80.5 cm³/mol. The molecule has 1 aliphatic rings. The molecule has 0 N–H and O–H groups in total. The van der Waals surface area contributed by atoms with Crippen molar-refractivity contribution in [2.75, 3.05) is 36.6 Å². The molecule has 20 heavy (non-hydrogen) atoms. The van der Waals surface area contributed by atoms with Crippen molar-refractivity contribution in [2.45, 2.75) is 20.8 Å². The van der Waals surface area contributed by atoms with E-state index in [-0.39, 0.29) is 16.7 Å². The van der Waals surface area contributed by atoms with Gasteiger partial charge in [-0.1, -0.05) is 25.4 Å². The number of hydrogen-bond acceptors (Lipinski definition) is 6. The molecule has 1 fully saturated rings. The lowest BCUT2D eigenvalue weighted by atomic mass is 10.4. The van der Waals surface area contributed by atoms with E-state index in [1.165, 1.54) is 7.11 Å². The molecular weight excluding hydrogens is 302 g/mol. The summed E-state index contributed by atoms with van der Waals surface area (Å²) >= 11 is 5.99. The second-order valence-electron chi connectivity index (χ2n) is 4.06. The highest BCUT2D eigenvalue weighted by Gasteiger charge is 2.26. The van der Waals surface area contributed by atoms with Crippen LogP contribution in [0.15, 0.2) is 0 Å². The minimum Gasteiger partial charge on any atom is -0.490 e. The van der Waals surface area contributed by atoms with Gasteiger partial charge >= 0.3 is 0 Å². The van der Waals surface area contributed by atoms with Gasteiger partial charge in [-0.15, -0.1) is 0 Å². The summed E-state index contributed by atoms with van der Waals surface area (Å²) in [6.45, 7) is 6.52. The molecule has 1 saturated heterocycles. The monoisotopic (exact) mass is 321 g/mol. The number of aryl methyl sites for hydroxylation is 1. The Bertz CT molecular complexity index is 549.